The van der Waals surface area contributed by atoms with Gasteiger partial charge in [0.05, 0.1) is 6.61 Å². The summed E-state index contributed by atoms with van der Waals surface area (Å²) < 4.78 is 4.25. The van der Waals surface area contributed by atoms with Gasteiger partial charge in [0, 0.05) is 0 Å². The quantitative estimate of drug-likeness (QED) is 0.341. The van der Waals surface area contributed by atoms with Crippen LogP contribution >= 0.6 is 0 Å². The van der Waals surface area contributed by atoms with Gasteiger partial charge < -0.3 is 25.2 Å². The summed E-state index contributed by atoms with van der Waals surface area (Å²) in [5, 5.41) is 35.3. The molecular weight excluding hydrogens is 168 g/mol. The Labute approximate surface area is 68.0 Å². The van der Waals surface area contributed by atoms with Crippen LogP contribution in [0.2, 0.25) is 0 Å². The van der Waals surface area contributed by atoms with Crippen molar-refractivity contribution in [1.29, 1.82) is 0 Å². The summed E-state index contributed by atoms with van der Waals surface area (Å²) in [7, 11) is 0. The number of cyclic esters (lactones) is 1. The van der Waals surface area contributed by atoms with Gasteiger partial charge in [-0.15, -0.1) is 0 Å². The average molecular weight is 178 g/mol. The first-order chi connectivity index (χ1) is 5.57. The van der Waals surface area contributed by atoms with Crippen LogP contribution in [0.25, 0.3) is 0 Å². The molecule has 0 radical (unpaired) electrons. The summed E-state index contributed by atoms with van der Waals surface area (Å²) in [5.74, 6) is -0.619. The van der Waals surface area contributed by atoms with Crippen molar-refractivity contribution in [3.05, 3.63) is 0 Å². The normalized spacial score (nSPS) is 29.0. The number of aliphatic hydroxyl groups excluding tert-OH is 4. The standard InChI is InChI=1S/C6H10O6/c7-1-2(8)3(9)4(10)5-6(11)12-5/h2-5,7-10H,1H2/t2-,3+,4+,5-/m0/s1. The molecule has 0 aliphatic carbocycles. The van der Waals surface area contributed by atoms with Gasteiger partial charge in [-0.3, -0.25) is 0 Å². The predicted octanol–water partition coefficient (Wildman–Crippen LogP) is -3.01. The Morgan fingerprint density at radius 2 is 1.92 bits per heavy atom. The maximum absolute atomic E-state index is 10.3. The Morgan fingerprint density at radius 3 is 2.25 bits per heavy atom. The minimum Gasteiger partial charge on any atom is -0.445 e. The van der Waals surface area contributed by atoms with Crippen molar-refractivity contribution >= 4 is 5.97 Å². The Morgan fingerprint density at radius 1 is 1.42 bits per heavy atom. The highest BCUT2D eigenvalue weighted by atomic mass is 16.7. The van der Waals surface area contributed by atoms with E-state index in [1.54, 1.807) is 0 Å². The van der Waals surface area contributed by atoms with Crippen LogP contribution in [-0.4, -0.2) is 57.4 Å². The first-order valence-corrected chi connectivity index (χ1v) is 3.43. The zero-order valence-corrected chi connectivity index (χ0v) is 6.12. The largest absolute Gasteiger partial charge is 0.445 e. The average Bonchev–Trinajstić information content (AvgIpc) is 2.78. The lowest BCUT2D eigenvalue weighted by Gasteiger charge is -2.18. The third-order valence-corrected chi connectivity index (χ3v) is 1.66. The summed E-state index contributed by atoms with van der Waals surface area (Å²) in [6.45, 7) is -0.681. The predicted molar refractivity (Wildman–Crippen MR) is 35.0 cm³/mol. The van der Waals surface area contributed by atoms with Crippen LogP contribution < -0.4 is 0 Å². The van der Waals surface area contributed by atoms with Crippen LogP contribution in [0.5, 0.6) is 0 Å². The lowest BCUT2D eigenvalue weighted by molar-refractivity contribution is -0.117. The van der Waals surface area contributed by atoms with E-state index in [9.17, 15) is 4.79 Å². The topological polar surface area (TPSA) is 111 Å². The molecule has 4 N–H and O–H groups in total. The summed E-state index contributed by atoms with van der Waals surface area (Å²) in [6, 6.07) is 0. The molecule has 0 aromatic carbocycles. The fraction of sp³-hybridized carbons (Fsp3) is 0.833. The lowest BCUT2D eigenvalue weighted by atomic mass is 10.1. The number of epoxide rings is 1. The highest BCUT2D eigenvalue weighted by Gasteiger charge is 2.48. The highest BCUT2D eigenvalue weighted by molar-refractivity contribution is 5.88. The molecule has 0 spiro atoms. The van der Waals surface area contributed by atoms with E-state index >= 15 is 0 Å². The Balaban J connectivity index is 2.40. The number of ether oxygens (including phenoxy) is 1. The summed E-state index contributed by atoms with van der Waals surface area (Å²) in [5.41, 5.74) is 0. The lowest BCUT2D eigenvalue weighted by Crippen LogP contribution is -2.42. The van der Waals surface area contributed by atoms with E-state index in [1.807, 2.05) is 0 Å². The van der Waals surface area contributed by atoms with Gasteiger partial charge in [0.15, 0.2) is 0 Å². The summed E-state index contributed by atoms with van der Waals surface area (Å²) >= 11 is 0. The van der Waals surface area contributed by atoms with Crippen molar-refractivity contribution in [3.63, 3.8) is 0 Å². The maximum Gasteiger partial charge on any atom is 0.351 e. The molecule has 70 valence electrons. The fourth-order valence-corrected chi connectivity index (χ4v) is 0.815. The van der Waals surface area contributed by atoms with Gasteiger partial charge in [-0.25, -0.2) is 4.79 Å². The van der Waals surface area contributed by atoms with Crippen LogP contribution in [0.4, 0.5) is 0 Å². The molecule has 0 aromatic rings. The molecule has 0 saturated carbocycles. The third-order valence-electron chi connectivity index (χ3n) is 1.66. The molecule has 1 saturated heterocycles. The Bertz CT molecular complexity index is 181. The first-order valence-electron chi connectivity index (χ1n) is 3.43. The summed E-state index contributed by atoms with van der Waals surface area (Å²) in [6.07, 6.45) is -5.55. The van der Waals surface area contributed by atoms with Gasteiger partial charge in [0.25, 0.3) is 0 Å². The van der Waals surface area contributed by atoms with E-state index < -0.39 is 37.0 Å². The summed E-state index contributed by atoms with van der Waals surface area (Å²) in [4.78, 5) is 10.3. The molecule has 1 fully saturated rings. The number of carbonyl (C=O) groups is 1. The van der Waals surface area contributed by atoms with Crippen LogP contribution in [0.3, 0.4) is 0 Å². The van der Waals surface area contributed by atoms with E-state index in [2.05, 4.69) is 4.74 Å². The van der Waals surface area contributed by atoms with Crippen molar-refractivity contribution in [1.82, 2.24) is 0 Å². The Hall–Kier alpha value is -0.690. The first kappa shape index (κ1) is 9.40. The SMILES string of the molecule is O=C1O[C@H]1[C@H](O)[C@H](O)[C@@H](O)CO. The van der Waals surface area contributed by atoms with Gasteiger partial charge in [-0.05, 0) is 0 Å². The van der Waals surface area contributed by atoms with Crippen LogP contribution in [-0.2, 0) is 9.53 Å². The minimum atomic E-state index is -1.56. The number of rotatable bonds is 4. The molecule has 0 aromatic heterocycles. The fourth-order valence-electron chi connectivity index (χ4n) is 0.815. The molecule has 1 aliphatic rings. The molecule has 6 heteroatoms. The van der Waals surface area contributed by atoms with Crippen molar-refractivity contribution in [3.8, 4) is 0 Å². The zero-order chi connectivity index (χ0) is 9.30. The van der Waals surface area contributed by atoms with Crippen molar-refractivity contribution in [2.45, 2.75) is 24.4 Å². The van der Waals surface area contributed by atoms with Crippen molar-refractivity contribution in [2.75, 3.05) is 6.61 Å². The van der Waals surface area contributed by atoms with Crippen LogP contribution in [0, 0.1) is 0 Å². The van der Waals surface area contributed by atoms with Crippen molar-refractivity contribution < 1.29 is 30.0 Å². The van der Waals surface area contributed by atoms with E-state index in [-0.39, 0.29) is 0 Å². The monoisotopic (exact) mass is 178 g/mol. The molecule has 0 unspecified atom stereocenters. The van der Waals surface area contributed by atoms with E-state index in [0.717, 1.165) is 0 Å². The number of aliphatic hydroxyl groups is 4. The molecule has 0 amide bonds. The molecule has 6 nitrogen and oxygen atoms in total. The van der Waals surface area contributed by atoms with Gasteiger partial charge in [0.2, 0.25) is 6.10 Å². The molecule has 1 heterocycles. The molecular formula is C6H10O6. The van der Waals surface area contributed by atoms with Crippen LogP contribution in [0.15, 0.2) is 0 Å². The second-order valence-electron chi connectivity index (χ2n) is 2.59. The molecule has 12 heavy (non-hydrogen) atoms. The third kappa shape index (κ3) is 1.72. The second-order valence-corrected chi connectivity index (χ2v) is 2.59. The second kappa shape index (κ2) is 3.36. The van der Waals surface area contributed by atoms with Gasteiger partial charge in [0.1, 0.15) is 18.3 Å². The van der Waals surface area contributed by atoms with Crippen LogP contribution in [0.1, 0.15) is 0 Å². The van der Waals surface area contributed by atoms with Gasteiger partial charge in [-0.1, -0.05) is 0 Å². The molecule has 1 aliphatic heterocycles. The number of hydrogen-bond acceptors (Lipinski definition) is 6. The maximum atomic E-state index is 10.3. The number of carbonyl (C=O) groups excluding carboxylic acids is 1. The van der Waals surface area contributed by atoms with E-state index in [0.29, 0.717) is 0 Å². The highest BCUT2D eigenvalue weighted by Crippen LogP contribution is 2.20. The number of hydrogen-bond donors (Lipinski definition) is 4. The van der Waals surface area contributed by atoms with E-state index in [4.69, 9.17) is 20.4 Å². The van der Waals surface area contributed by atoms with Gasteiger partial charge >= 0.3 is 5.97 Å². The van der Waals surface area contributed by atoms with Crippen molar-refractivity contribution in [2.24, 2.45) is 0 Å². The molecule has 4 atom stereocenters. The van der Waals surface area contributed by atoms with Gasteiger partial charge in [-0.2, -0.15) is 0 Å². The molecule has 1 rings (SSSR count). The zero-order valence-electron chi connectivity index (χ0n) is 6.12. The minimum absolute atomic E-state index is 0.619. The Kier molecular flexibility index (Phi) is 2.63. The van der Waals surface area contributed by atoms with E-state index in [1.165, 1.54) is 0 Å². The molecule has 0 bridgehead atoms. The smallest absolute Gasteiger partial charge is 0.351 e.